The van der Waals surface area contributed by atoms with Gasteiger partial charge in [-0.2, -0.15) is 0 Å². The summed E-state index contributed by atoms with van der Waals surface area (Å²) in [5.41, 5.74) is 7.27. The quantitative estimate of drug-likeness (QED) is 0.597. The first kappa shape index (κ1) is 12.1. The van der Waals surface area contributed by atoms with Gasteiger partial charge in [-0.25, -0.2) is 4.79 Å². The van der Waals surface area contributed by atoms with Crippen LogP contribution in [-0.4, -0.2) is 21.9 Å². The van der Waals surface area contributed by atoms with E-state index in [4.69, 9.17) is 5.73 Å². The van der Waals surface area contributed by atoms with Crippen molar-refractivity contribution in [2.75, 3.05) is 5.32 Å². The summed E-state index contributed by atoms with van der Waals surface area (Å²) >= 11 is 0. The molecule has 0 bridgehead atoms. The molecule has 1 heterocycles. The lowest BCUT2D eigenvalue weighted by Gasteiger charge is -2.10. The van der Waals surface area contributed by atoms with Gasteiger partial charge in [0.25, 0.3) is 0 Å². The van der Waals surface area contributed by atoms with Crippen LogP contribution < -0.4 is 16.7 Å². The van der Waals surface area contributed by atoms with Crippen LogP contribution in [-0.2, 0) is 4.79 Å². The van der Waals surface area contributed by atoms with Gasteiger partial charge in [0.15, 0.2) is 0 Å². The Morgan fingerprint density at radius 1 is 1.44 bits per heavy atom. The smallest absolute Gasteiger partial charge is 0.323 e. The molecule has 0 radical (unpaired) electrons. The Hall–Kier alpha value is -2.34. The number of hydrogen-bond donors (Lipinski definition) is 4. The van der Waals surface area contributed by atoms with Gasteiger partial charge < -0.3 is 21.0 Å². The predicted molar refractivity (Wildman–Crippen MR) is 70.3 cm³/mol. The van der Waals surface area contributed by atoms with E-state index in [1.54, 1.807) is 24.3 Å². The normalized spacial score (nSPS) is 12.3. The SMILES string of the molecule is C=CCC(N)C(=O)Nc1ccc2[nH]c(=O)[nH]c2c1. The van der Waals surface area contributed by atoms with E-state index in [2.05, 4.69) is 21.9 Å². The molecule has 0 spiro atoms. The van der Waals surface area contributed by atoms with E-state index in [9.17, 15) is 9.59 Å². The molecule has 1 aromatic carbocycles. The Labute approximate surface area is 103 Å². The molecule has 0 aliphatic carbocycles. The highest BCUT2D eigenvalue weighted by molar-refractivity contribution is 5.96. The maximum Gasteiger partial charge on any atom is 0.323 e. The summed E-state index contributed by atoms with van der Waals surface area (Å²) in [5, 5.41) is 2.68. The van der Waals surface area contributed by atoms with Crippen LogP contribution in [0.2, 0.25) is 0 Å². The number of rotatable bonds is 4. The van der Waals surface area contributed by atoms with Crippen LogP contribution in [0.4, 0.5) is 5.69 Å². The van der Waals surface area contributed by atoms with E-state index in [-0.39, 0.29) is 11.6 Å². The van der Waals surface area contributed by atoms with E-state index in [1.165, 1.54) is 0 Å². The molecule has 1 aromatic heterocycles. The number of nitrogens with one attached hydrogen (secondary N) is 3. The molecule has 2 rings (SSSR count). The Morgan fingerprint density at radius 2 is 2.17 bits per heavy atom. The monoisotopic (exact) mass is 246 g/mol. The molecular formula is C12H14N4O2. The number of hydrogen-bond acceptors (Lipinski definition) is 3. The molecule has 0 saturated heterocycles. The minimum absolute atomic E-state index is 0.281. The summed E-state index contributed by atoms with van der Waals surface area (Å²) in [5.74, 6) is -0.285. The highest BCUT2D eigenvalue weighted by Crippen LogP contribution is 2.14. The van der Waals surface area contributed by atoms with Gasteiger partial charge in [0.2, 0.25) is 5.91 Å². The van der Waals surface area contributed by atoms with Gasteiger partial charge >= 0.3 is 5.69 Å². The number of aromatic amines is 2. The number of nitrogens with two attached hydrogens (primary N) is 1. The molecule has 0 aliphatic heterocycles. The topological polar surface area (TPSA) is 104 Å². The summed E-state index contributed by atoms with van der Waals surface area (Å²) in [4.78, 5) is 28.0. The van der Waals surface area contributed by atoms with Crippen LogP contribution in [0.15, 0.2) is 35.6 Å². The average Bonchev–Trinajstić information content (AvgIpc) is 2.68. The summed E-state index contributed by atoms with van der Waals surface area (Å²) in [6, 6.07) is 4.46. The van der Waals surface area contributed by atoms with Gasteiger partial charge in [-0.15, -0.1) is 6.58 Å². The van der Waals surface area contributed by atoms with Crippen molar-refractivity contribution in [1.29, 1.82) is 0 Å². The van der Waals surface area contributed by atoms with Crippen LogP contribution in [0.25, 0.3) is 11.0 Å². The van der Waals surface area contributed by atoms with Crippen LogP contribution in [0.5, 0.6) is 0 Å². The van der Waals surface area contributed by atoms with Gasteiger partial charge in [-0.05, 0) is 24.6 Å². The number of H-pyrrole nitrogens is 2. The number of amides is 1. The summed E-state index contributed by atoms with van der Waals surface area (Å²) in [6.45, 7) is 3.53. The van der Waals surface area contributed by atoms with E-state index in [0.717, 1.165) is 0 Å². The molecule has 6 heteroatoms. The number of imidazole rings is 1. The fourth-order valence-corrected chi connectivity index (χ4v) is 1.63. The number of aromatic nitrogens is 2. The van der Waals surface area contributed by atoms with E-state index in [0.29, 0.717) is 23.1 Å². The molecule has 1 atom stereocenters. The van der Waals surface area contributed by atoms with Crippen LogP contribution >= 0.6 is 0 Å². The Morgan fingerprint density at radius 3 is 2.89 bits per heavy atom. The van der Waals surface area contributed by atoms with Crippen LogP contribution in [0.1, 0.15) is 6.42 Å². The van der Waals surface area contributed by atoms with Crippen molar-refractivity contribution in [2.24, 2.45) is 5.73 Å². The molecule has 2 aromatic rings. The Balaban J connectivity index is 2.18. The minimum atomic E-state index is -0.622. The summed E-state index contributed by atoms with van der Waals surface area (Å²) in [7, 11) is 0. The molecule has 0 saturated carbocycles. The Kier molecular flexibility index (Phi) is 3.29. The maximum atomic E-state index is 11.7. The number of carbonyl (C=O) groups is 1. The van der Waals surface area contributed by atoms with Crippen molar-refractivity contribution in [3.8, 4) is 0 Å². The lowest BCUT2D eigenvalue weighted by atomic mass is 10.2. The highest BCUT2D eigenvalue weighted by Gasteiger charge is 2.11. The van der Waals surface area contributed by atoms with Crippen molar-refractivity contribution in [1.82, 2.24) is 9.97 Å². The van der Waals surface area contributed by atoms with Gasteiger partial charge in [0.1, 0.15) is 0 Å². The van der Waals surface area contributed by atoms with Crippen molar-refractivity contribution >= 4 is 22.6 Å². The number of fused-ring (bicyclic) bond motifs is 1. The van der Waals surface area contributed by atoms with Gasteiger partial charge in [0.05, 0.1) is 17.1 Å². The third kappa shape index (κ3) is 2.49. The maximum absolute atomic E-state index is 11.7. The summed E-state index contributed by atoms with van der Waals surface area (Å²) < 4.78 is 0. The van der Waals surface area contributed by atoms with Crippen molar-refractivity contribution in [2.45, 2.75) is 12.5 Å². The lowest BCUT2D eigenvalue weighted by Crippen LogP contribution is -2.35. The largest absolute Gasteiger partial charge is 0.325 e. The molecule has 6 nitrogen and oxygen atoms in total. The molecule has 18 heavy (non-hydrogen) atoms. The first-order valence-corrected chi connectivity index (χ1v) is 5.49. The van der Waals surface area contributed by atoms with Crippen LogP contribution in [0, 0.1) is 0 Å². The first-order chi connectivity index (χ1) is 8.60. The van der Waals surface area contributed by atoms with Crippen LogP contribution in [0.3, 0.4) is 0 Å². The fraction of sp³-hybridized carbons (Fsp3) is 0.167. The molecule has 1 amide bonds. The molecule has 0 aliphatic rings. The van der Waals surface area contributed by atoms with Crippen molar-refractivity contribution in [3.05, 3.63) is 41.3 Å². The Bertz CT molecular complexity index is 641. The molecule has 1 unspecified atom stereocenters. The minimum Gasteiger partial charge on any atom is -0.325 e. The summed E-state index contributed by atoms with van der Waals surface area (Å²) in [6.07, 6.45) is 2.01. The number of carbonyl (C=O) groups excluding carboxylic acids is 1. The average molecular weight is 246 g/mol. The van der Waals surface area contributed by atoms with Crippen molar-refractivity contribution < 1.29 is 4.79 Å². The third-order valence-electron chi connectivity index (χ3n) is 2.54. The first-order valence-electron chi connectivity index (χ1n) is 5.49. The molecular weight excluding hydrogens is 232 g/mol. The second kappa shape index (κ2) is 4.89. The van der Waals surface area contributed by atoms with Gasteiger partial charge in [-0.3, -0.25) is 4.79 Å². The number of benzene rings is 1. The predicted octanol–water partition coefficient (Wildman–Crippen LogP) is 0.698. The van der Waals surface area contributed by atoms with E-state index in [1.807, 2.05) is 0 Å². The molecule has 5 N–H and O–H groups in total. The molecule has 0 fully saturated rings. The lowest BCUT2D eigenvalue weighted by molar-refractivity contribution is -0.117. The second-order valence-electron chi connectivity index (χ2n) is 3.96. The molecule has 94 valence electrons. The number of anilines is 1. The standard InChI is InChI=1S/C12H14N4O2/c1-2-3-8(13)11(17)14-7-4-5-9-10(6-7)16-12(18)15-9/h2,4-6,8H,1,3,13H2,(H,14,17)(H2,15,16,18). The van der Waals surface area contributed by atoms with Gasteiger partial charge in [-0.1, -0.05) is 6.08 Å². The highest BCUT2D eigenvalue weighted by atomic mass is 16.2. The zero-order valence-corrected chi connectivity index (χ0v) is 9.69. The zero-order chi connectivity index (χ0) is 13.1. The fourth-order valence-electron chi connectivity index (χ4n) is 1.63. The van der Waals surface area contributed by atoms with Crippen molar-refractivity contribution in [3.63, 3.8) is 0 Å². The second-order valence-corrected chi connectivity index (χ2v) is 3.96. The van der Waals surface area contributed by atoms with E-state index >= 15 is 0 Å². The zero-order valence-electron chi connectivity index (χ0n) is 9.69. The van der Waals surface area contributed by atoms with Gasteiger partial charge in [0, 0.05) is 5.69 Å². The van der Waals surface area contributed by atoms with E-state index < -0.39 is 6.04 Å². The third-order valence-corrected chi connectivity index (χ3v) is 2.54.